The Balaban J connectivity index is 1.76. The normalized spacial score (nSPS) is 17.7. The van der Waals surface area contributed by atoms with Crippen LogP contribution in [-0.4, -0.2) is 45.7 Å². The van der Waals surface area contributed by atoms with Crippen molar-refractivity contribution >= 4 is 5.91 Å². The number of rotatable bonds is 4. The van der Waals surface area contributed by atoms with E-state index in [-0.39, 0.29) is 5.91 Å². The van der Waals surface area contributed by atoms with E-state index in [0.717, 1.165) is 24.2 Å². The van der Waals surface area contributed by atoms with Gasteiger partial charge in [-0.3, -0.25) is 9.89 Å². The van der Waals surface area contributed by atoms with E-state index in [2.05, 4.69) is 15.2 Å². The van der Waals surface area contributed by atoms with Crippen LogP contribution in [0.3, 0.4) is 0 Å². The Morgan fingerprint density at radius 3 is 3.14 bits per heavy atom. The van der Waals surface area contributed by atoms with Gasteiger partial charge in [0.2, 0.25) is 5.88 Å². The first-order valence-electron chi connectivity index (χ1n) is 7.57. The minimum absolute atomic E-state index is 0.0174. The zero-order valence-electron chi connectivity index (χ0n) is 12.9. The number of carbonyl (C=O) groups excluding carboxylic acids is 1. The maximum absolute atomic E-state index is 12.7. The fraction of sp³-hybridized carbons (Fsp3) is 0.438. The van der Waals surface area contributed by atoms with E-state index in [1.54, 1.807) is 18.3 Å². The molecule has 1 N–H and O–H groups in total. The number of hydrogen-bond acceptors (Lipinski definition) is 4. The third-order valence-corrected chi connectivity index (χ3v) is 4.03. The minimum Gasteiger partial charge on any atom is -0.477 e. The first-order valence-corrected chi connectivity index (χ1v) is 7.57. The van der Waals surface area contributed by atoms with Crippen LogP contribution in [0, 0.1) is 6.92 Å². The topological polar surface area (TPSA) is 71.1 Å². The van der Waals surface area contributed by atoms with Gasteiger partial charge in [0.25, 0.3) is 5.91 Å². The molecular formula is C16H20N4O2. The molecule has 22 heavy (non-hydrogen) atoms. The second-order valence-corrected chi connectivity index (χ2v) is 5.49. The maximum atomic E-state index is 12.7. The minimum atomic E-state index is -0.0174. The van der Waals surface area contributed by atoms with E-state index in [9.17, 15) is 4.79 Å². The van der Waals surface area contributed by atoms with Crippen LogP contribution in [0.25, 0.3) is 0 Å². The van der Waals surface area contributed by atoms with Crippen LogP contribution < -0.4 is 4.74 Å². The van der Waals surface area contributed by atoms with Crippen molar-refractivity contribution in [1.82, 2.24) is 20.1 Å². The molecule has 6 nitrogen and oxygen atoms in total. The molecule has 0 aliphatic carbocycles. The summed E-state index contributed by atoms with van der Waals surface area (Å²) in [6.45, 7) is 5.85. The lowest BCUT2D eigenvalue weighted by atomic mass is 10.0. The van der Waals surface area contributed by atoms with Gasteiger partial charge in [-0.25, -0.2) is 4.98 Å². The van der Waals surface area contributed by atoms with Crippen molar-refractivity contribution in [2.45, 2.75) is 26.2 Å². The summed E-state index contributed by atoms with van der Waals surface area (Å²) in [5.41, 5.74) is 2.81. The summed E-state index contributed by atoms with van der Waals surface area (Å²) in [5.74, 6) is 0.714. The summed E-state index contributed by atoms with van der Waals surface area (Å²) >= 11 is 0. The zero-order chi connectivity index (χ0) is 15.5. The number of aryl methyl sites for hydroxylation is 1. The molecule has 0 spiro atoms. The molecule has 2 aromatic heterocycles. The van der Waals surface area contributed by atoms with Gasteiger partial charge < -0.3 is 9.64 Å². The summed E-state index contributed by atoms with van der Waals surface area (Å²) in [7, 11) is 0. The van der Waals surface area contributed by atoms with Gasteiger partial charge in [0.05, 0.1) is 12.8 Å². The molecule has 3 rings (SSSR count). The van der Waals surface area contributed by atoms with E-state index in [4.69, 9.17) is 4.74 Å². The Hall–Kier alpha value is -2.37. The predicted molar refractivity (Wildman–Crippen MR) is 82.0 cm³/mol. The van der Waals surface area contributed by atoms with Gasteiger partial charge in [-0.2, -0.15) is 5.10 Å². The molecule has 2 aromatic rings. The highest BCUT2D eigenvalue weighted by Gasteiger charge is 2.31. The van der Waals surface area contributed by atoms with Gasteiger partial charge >= 0.3 is 0 Å². The number of pyridine rings is 1. The largest absolute Gasteiger partial charge is 0.477 e. The summed E-state index contributed by atoms with van der Waals surface area (Å²) in [4.78, 5) is 18.7. The highest BCUT2D eigenvalue weighted by atomic mass is 16.5. The van der Waals surface area contributed by atoms with Crippen molar-refractivity contribution in [3.63, 3.8) is 0 Å². The Morgan fingerprint density at radius 1 is 1.55 bits per heavy atom. The Morgan fingerprint density at radius 2 is 2.41 bits per heavy atom. The molecule has 1 aliphatic heterocycles. The third kappa shape index (κ3) is 2.68. The zero-order valence-corrected chi connectivity index (χ0v) is 12.9. The van der Waals surface area contributed by atoms with Crippen molar-refractivity contribution in [3.8, 4) is 5.88 Å². The number of aromatic nitrogens is 3. The van der Waals surface area contributed by atoms with E-state index >= 15 is 0 Å². The van der Waals surface area contributed by atoms with Crippen molar-refractivity contribution in [2.24, 2.45) is 0 Å². The van der Waals surface area contributed by atoms with Crippen LogP contribution >= 0.6 is 0 Å². The van der Waals surface area contributed by atoms with Gasteiger partial charge in [-0.1, -0.05) is 0 Å². The SMILES string of the molecule is CCOc1ncccc1C(=O)N1CC[C@H](c2[nH]ncc2C)C1. The molecule has 0 aromatic carbocycles. The fourth-order valence-electron chi connectivity index (χ4n) is 2.93. The first kappa shape index (κ1) is 14.6. The maximum Gasteiger partial charge on any atom is 0.259 e. The summed E-state index contributed by atoms with van der Waals surface area (Å²) in [5, 5.41) is 7.13. The van der Waals surface area contributed by atoms with E-state index in [1.807, 2.05) is 24.9 Å². The van der Waals surface area contributed by atoms with Gasteiger partial charge in [-0.15, -0.1) is 0 Å². The smallest absolute Gasteiger partial charge is 0.259 e. The molecule has 116 valence electrons. The Labute approximate surface area is 129 Å². The summed E-state index contributed by atoms with van der Waals surface area (Å²) < 4.78 is 5.46. The third-order valence-electron chi connectivity index (χ3n) is 4.03. The van der Waals surface area contributed by atoms with Crippen LogP contribution in [-0.2, 0) is 0 Å². The average Bonchev–Trinajstić information content (AvgIpc) is 3.16. The lowest BCUT2D eigenvalue weighted by molar-refractivity contribution is 0.0785. The van der Waals surface area contributed by atoms with Crippen molar-refractivity contribution in [3.05, 3.63) is 41.3 Å². The molecule has 1 aliphatic rings. The Kier molecular flexibility index (Phi) is 4.09. The van der Waals surface area contributed by atoms with Crippen LogP contribution in [0.5, 0.6) is 5.88 Å². The average molecular weight is 300 g/mol. The van der Waals surface area contributed by atoms with Crippen LogP contribution in [0.1, 0.15) is 40.9 Å². The number of hydrogen-bond donors (Lipinski definition) is 1. The van der Waals surface area contributed by atoms with Crippen LogP contribution in [0.15, 0.2) is 24.5 Å². The lowest BCUT2D eigenvalue weighted by Crippen LogP contribution is -2.29. The molecule has 1 amide bonds. The molecule has 0 unspecified atom stereocenters. The molecule has 1 atom stereocenters. The quantitative estimate of drug-likeness (QED) is 0.939. The molecule has 0 saturated carbocycles. The molecule has 3 heterocycles. The van der Waals surface area contributed by atoms with E-state index in [1.165, 1.54) is 0 Å². The number of carbonyl (C=O) groups is 1. The first-order chi connectivity index (χ1) is 10.7. The van der Waals surface area contributed by atoms with E-state index in [0.29, 0.717) is 30.5 Å². The number of likely N-dealkylation sites (tertiary alicyclic amines) is 1. The van der Waals surface area contributed by atoms with Crippen molar-refractivity contribution in [1.29, 1.82) is 0 Å². The number of amides is 1. The van der Waals surface area contributed by atoms with E-state index < -0.39 is 0 Å². The predicted octanol–water partition coefficient (Wildman–Crippen LogP) is 2.14. The molecule has 0 radical (unpaired) electrons. The second-order valence-electron chi connectivity index (χ2n) is 5.49. The highest BCUT2D eigenvalue weighted by Crippen LogP contribution is 2.29. The van der Waals surface area contributed by atoms with Gasteiger partial charge in [-0.05, 0) is 38.0 Å². The Bertz CT molecular complexity index is 668. The molecule has 1 fully saturated rings. The van der Waals surface area contributed by atoms with Crippen molar-refractivity contribution < 1.29 is 9.53 Å². The number of ether oxygens (including phenoxy) is 1. The van der Waals surface area contributed by atoms with Gasteiger partial charge in [0.15, 0.2) is 0 Å². The summed E-state index contributed by atoms with van der Waals surface area (Å²) in [6, 6.07) is 3.54. The van der Waals surface area contributed by atoms with Crippen molar-refractivity contribution in [2.75, 3.05) is 19.7 Å². The van der Waals surface area contributed by atoms with Gasteiger partial charge in [0, 0.05) is 30.9 Å². The highest BCUT2D eigenvalue weighted by molar-refractivity contribution is 5.96. The van der Waals surface area contributed by atoms with Crippen LogP contribution in [0.2, 0.25) is 0 Å². The number of nitrogens with one attached hydrogen (secondary N) is 1. The standard InChI is InChI=1S/C16H20N4O2/c1-3-22-15-13(5-4-7-17-15)16(21)20-8-6-12(10-20)14-11(2)9-18-19-14/h4-5,7,9,12H,3,6,8,10H2,1-2H3,(H,18,19)/t12-/m0/s1. The number of H-pyrrole nitrogens is 1. The monoisotopic (exact) mass is 300 g/mol. The molecule has 1 saturated heterocycles. The number of aromatic amines is 1. The molecule has 0 bridgehead atoms. The number of nitrogens with zero attached hydrogens (tertiary/aromatic N) is 3. The van der Waals surface area contributed by atoms with Crippen LogP contribution in [0.4, 0.5) is 0 Å². The second kappa shape index (κ2) is 6.17. The summed E-state index contributed by atoms with van der Waals surface area (Å²) in [6.07, 6.45) is 4.41. The lowest BCUT2D eigenvalue weighted by Gasteiger charge is -2.18. The molecular weight excluding hydrogens is 280 g/mol. The molecule has 6 heteroatoms. The fourth-order valence-corrected chi connectivity index (χ4v) is 2.93. The van der Waals surface area contributed by atoms with Gasteiger partial charge in [0.1, 0.15) is 5.56 Å².